The lowest BCUT2D eigenvalue weighted by Crippen LogP contribution is -2.36. The molecule has 36 heavy (non-hydrogen) atoms. The van der Waals surface area contributed by atoms with Crippen LogP contribution >= 0.6 is 0 Å². The predicted octanol–water partition coefficient (Wildman–Crippen LogP) is 4.79. The standard InChI is InChI=1S/C29H25N3O4/c1-17-14-26(33)28(35)29(36-17)22(18-10-12-30-23-8-4-2-6-19(18)23)15-27(34)32-13-11-21-20-7-3-5-9-24(20)31-25(21)16-32/h2-10,12,14,22,31,35H,11,13,15-16H2,1H3/t22-/m0/s1. The second kappa shape index (κ2) is 8.68. The number of nitrogens with zero attached hydrogens (tertiary/aromatic N) is 2. The maximum atomic E-state index is 13.7. The molecule has 2 aromatic carbocycles. The van der Waals surface area contributed by atoms with Gasteiger partial charge in [-0.25, -0.2) is 0 Å². The zero-order valence-electron chi connectivity index (χ0n) is 19.8. The lowest BCUT2D eigenvalue weighted by Gasteiger charge is -2.29. The minimum absolute atomic E-state index is 0.0452. The highest BCUT2D eigenvalue weighted by atomic mass is 16.4. The molecule has 3 aromatic heterocycles. The second-order valence-electron chi connectivity index (χ2n) is 9.30. The normalized spacial score (nSPS) is 14.2. The molecule has 0 fully saturated rings. The van der Waals surface area contributed by atoms with Crippen LogP contribution in [0.15, 0.2) is 76.1 Å². The Morgan fingerprint density at radius 1 is 1.14 bits per heavy atom. The van der Waals surface area contributed by atoms with Crippen molar-refractivity contribution in [1.82, 2.24) is 14.9 Å². The number of aromatic amines is 1. The maximum Gasteiger partial charge on any atom is 0.227 e. The summed E-state index contributed by atoms with van der Waals surface area (Å²) in [6.07, 6.45) is 2.49. The molecule has 7 heteroatoms. The van der Waals surface area contributed by atoms with Gasteiger partial charge in [0.2, 0.25) is 17.1 Å². The van der Waals surface area contributed by atoms with Crippen LogP contribution in [0.1, 0.15) is 40.7 Å². The molecule has 5 aromatic rings. The number of fused-ring (bicyclic) bond motifs is 4. The van der Waals surface area contributed by atoms with Crippen LogP contribution in [0.25, 0.3) is 21.8 Å². The van der Waals surface area contributed by atoms with Crippen LogP contribution in [0.5, 0.6) is 5.75 Å². The number of hydrogen-bond acceptors (Lipinski definition) is 5. The molecule has 0 aliphatic carbocycles. The van der Waals surface area contributed by atoms with E-state index in [1.807, 2.05) is 53.4 Å². The molecule has 7 nitrogen and oxygen atoms in total. The fraction of sp³-hybridized carbons (Fsp3) is 0.207. The number of aryl methyl sites for hydroxylation is 1. The fourth-order valence-electron chi connectivity index (χ4n) is 5.34. The van der Waals surface area contributed by atoms with E-state index in [1.54, 1.807) is 13.1 Å². The number of carbonyl (C=O) groups excluding carboxylic acids is 1. The molecule has 0 saturated carbocycles. The van der Waals surface area contributed by atoms with Crippen LogP contribution in [0, 0.1) is 6.92 Å². The first-order chi connectivity index (χ1) is 17.5. The largest absolute Gasteiger partial charge is 0.502 e. The number of rotatable bonds is 4. The quantitative estimate of drug-likeness (QED) is 0.386. The van der Waals surface area contributed by atoms with Gasteiger partial charge in [-0.3, -0.25) is 14.6 Å². The Kier molecular flexibility index (Phi) is 5.33. The van der Waals surface area contributed by atoms with Gasteiger partial charge >= 0.3 is 0 Å². The van der Waals surface area contributed by atoms with E-state index < -0.39 is 17.1 Å². The number of H-pyrrole nitrogens is 1. The summed E-state index contributed by atoms with van der Waals surface area (Å²) in [5, 5.41) is 12.8. The Morgan fingerprint density at radius 3 is 2.78 bits per heavy atom. The molecule has 1 aliphatic rings. The first kappa shape index (κ1) is 22.1. The number of nitrogens with one attached hydrogen (secondary N) is 1. The number of aromatic hydroxyl groups is 1. The van der Waals surface area contributed by atoms with Gasteiger partial charge in [0.15, 0.2) is 5.76 Å². The molecule has 1 aliphatic heterocycles. The molecule has 0 saturated heterocycles. The molecule has 1 atom stereocenters. The average molecular weight is 480 g/mol. The average Bonchev–Trinajstić information content (AvgIpc) is 3.27. The SMILES string of the molecule is Cc1cc(=O)c(O)c([C@@H](CC(=O)N2CCc3c([nH]c4ccccc34)C2)c2ccnc3ccccc23)o1. The summed E-state index contributed by atoms with van der Waals surface area (Å²) in [7, 11) is 0. The zero-order chi connectivity index (χ0) is 24.8. The van der Waals surface area contributed by atoms with Crippen molar-refractivity contribution < 1.29 is 14.3 Å². The van der Waals surface area contributed by atoms with E-state index in [2.05, 4.69) is 16.0 Å². The Bertz CT molecular complexity index is 1680. The minimum atomic E-state index is -0.651. The third-order valence-electron chi connectivity index (χ3n) is 7.06. The molecular weight excluding hydrogens is 454 g/mol. The number of benzene rings is 2. The first-order valence-electron chi connectivity index (χ1n) is 12.0. The van der Waals surface area contributed by atoms with Crippen LogP contribution < -0.4 is 5.43 Å². The molecular formula is C29H25N3O4. The number of carbonyl (C=O) groups is 1. The monoisotopic (exact) mass is 479 g/mol. The maximum absolute atomic E-state index is 13.7. The summed E-state index contributed by atoms with van der Waals surface area (Å²) >= 11 is 0. The van der Waals surface area contributed by atoms with E-state index in [4.69, 9.17) is 4.42 Å². The van der Waals surface area contributed by atoms with E-state index in [1.165, 1.54) is 17.0 Å². The van der Waals surface area contributed by atoms with Crippen molar-refractivity contribution in [2.45, 2.75) is 32.2 Å². The Hall–Kier alpha value is -4.39. The number of para-hydroxylation sites is 2. The Labute approximate surface area is 207 Å². The van der Waals surface area contributed by atoms with Crippen LogP contribution in [-0.4, -0.2) is 32.4 Å². The highest BCUT2D eigenvalue weighted by molar-refractivity contribution is 5.87. The summed E-state index contributed by atoms with van der Waals surface area (Å²) in [6, 6.07) is 18.9. The molecule has 4 heterocycles. The summed E-state index contributed by atoms with van der Waals surface area (Å²) in [4.78, 5) is 35.9. The molecule has 6 rings (SSSR count). The van der Waals surface area contributed by atoms with E-state index in [0.717, 1.165) is 34.1 Å². The molecule has 0 bridgehead atoms. The third kappa shape index (κ3) is 3.73. The van der Waals surface area contributed by atoms with Crippen molar-refractivity contribution in [3.63, 3.8) is 0 Å². The van der Waals surface area contributed by atoms with Gasteiger partial charge in [-0.15, -0.1) is 0 Å². The molecule has 0 unspecified atom stereocenters. The van der Waals surface area contributed by atoms with E-state index in [-0.39, 0.29) is 18.1 Å². The molecule has 180 valence electrons. The smallest absolute Gasteiger partial charge is 0.227 e. The molecule has 2 N–H and O–H groups in total. The Morgan fingerprint density at radius 2 is 1.92 bits per heavy atom. The molecule has 1 amide bonds. The fourth-order valence-corrected chi connectivity index (χ4v) is 5.34. The summed E-state index contributed by atoms with van der Waals surface area (Å²) in [5.41, 5.74) is 4.40. The van der Waals surface area contributed by atoms with Crippen LogP contribution in [0.2, 0.25) is 0 Å². The van der Waals surface area contributed by atoms with Gasteiger partial charge in [0, 0.05) is 47.2 Å². The predicted molar refractivity (Wildman–Crippen MR) is 137 cm³/mol. The van der Waals surface area contributed by atoms with Gasteiger partial charge < -0.3 is 19.4 Å². The van der Waals surface area contributed by atoms with E-state index >= 15 is 0 Å². The van der Waals surface area contributed by atoms with Gasteiger partial charge in [0.05, 0.1) is 18.0 Å². The van der Waals surface area contributed by atoms with Crippen LogP contribution in [0.4, 0.5) is 0 Å². The summed E-state index contributed by atoms with van der Waals surface area (Å²) in [5.74, 6) is -0.705. The van der Waals surface area contributed by atoms with E-state index in [0.29, 0.717) is 18.8 Å². The lowest BCUT2D eigenvalue weighted by atomic mass is 9.89. The minimum Gasteiger partial charge on any atom is -0.502 e. The highest BCUT2D eigenvalue weighted by Gasteiger charge is 2.31. The number of hydrogen-bond donors (Lipinski definition) is 2. The van der Waals surface area contributed by atoms with Crippen molar-refractivity contribution >= 4 is 27.7 Å². The van der Waals surface area contributed by atoms with Gasteiger partial charge in [-0.05, 0) is 42.7 Å². The second-order valence-corrected chi connectivity index (χ2v) is 9.30. The van der Waals surface area contributed by atoms with Crippen LogP contribution in [-0.2, 0) is 17.8 Å². The Balaban J connectivity index is 1.39. The third-order valence-corrected chi connectivity index (χ3v) is 7.06. The van der Waals surface area contributed by atoms with E-state index in [9.17, 15) is 14.7 Å². The van der Waals surface area contributed by atoms with Crippen molar-refractivity contribution in [2.24, 2.45) is 0 Å². The van der Waals surface area contributed by atoms with Gasteiger partial charge in [-0.1, -0.05) is 36.4 Å². The van der Waals surface area contributed by atoms with Crippen LogP contribution in [0.3, 0.4) is 0 Å². The zero-order valence-corrected chi connectivity index (χ0v) is 19.8. The van der Waals surface area contributed by atoms with Crippen molar-refractivity contribution in [3.05, 3.63) is 105 Å². The van der Waals surface area contributed by atoms with Crippen molar-refractivity contribution in [2.75, 3.05) is 6.54 Å². The van der Waals surface area contributed by atoms with Crippen molar-refractivity contribution in [3.8, 4) is 5.75 Å². The lowest BCUT2D eigenvalue weighted by molar-refractivity contribution is -0.132. The number of pyridine rings is 1. The van der Waals surface area contributed by atoms with Gasteiger partial charge in [0.25, 0.3) is 0 Å². The topological polar surface area (TPSA) is 99.4 Å². The van der Waals surface area contributed by atoms with Crippen molar-refractivity contribution in [1.29, 1.82) is 0 Å². The number of amides is 1. The highest BCUT2D eigenvalue weighted by Crippen LogP contribution is 2.37. The number of aromatic nitrogens is 2. The van der Waals surface area contributed by atoms with Gasteiger partial charge in [-0.2, -0.15) is 0 Å². The molecule has 0 spiro atoms. The van der Waals surface area contributed by atoms with Gasteiger partial charge in [0.1, 0.15) is 5.76 Å². The molecule has 0 radical (unpaired) electrons. The summed E-state index contributed by atoms with van der Waals surface area (Å²) < 4.78 is 5.89. The summed E-state index contributed by atoms with van der Waals surface area (Å²) in [6.45, 7) is 2.74. The first-order valence-corrected chi connectivity index (χ1v) is 12.0.